The molecular formula is C20H23ClN8S. The van der Waals surface area contributed by atoms with E-state index in [1.165, 1.54) is 17.5 Å². The summed E-state index contributed by atoms with van der Waals surface area (Å²) in [7, 11) is 0. The van der Waals surface area contributed by atoms with Gasteiger partial charge in [0.05, 0.1) is 17.3 Å². The number of piperidine rings is 1. The van der Waals surface area contributed by atoms with Crippen molar-refractivity contribution in [2.45, 2.75) is 35.3 Å². The molecule has 3 aromatic heterocycles. The van der Waals surface area contributed by atoms with Crippen molar-refractivity contribution in [3.05, 3.63) is 47.5 Å². The van der Waals surface area contributed by atoms with Crippen molar-refractivity contribution in [3.8, 4) is 0 Å². The maximum atomic E-state index is 6.61. The number of fused-ring (bicyclic) bond motifs is 1. The third-order valence-electron chi connectivity index (χ3n) is 6.25. The number of rotatable bonds is 3. The molecule has 156 valence electrons. The van der Waals surface area contributed by atoms with Crippen LogP contribution in [0.1, 0.15) is 24.6 Å². The van der Waals surface area contributed by atoms with Gasteiger partial charge in [0.2, 0.25) is 0 Å². The zero-order chi connectivity index (χ0) is 20.9. The smallest absolute Gasteiger partial charge is 0.158 e. The van der Waals surface area contributed by atoms with Crippen molar-refractivity contribution in [2.75, 3.05) is 29.5 Å². The first-order valence-electron chi connectivity index (χ1n) is 9.83. The SMILES string of the molecule is Nc1nc(N2CCC3(CC2)Cn2cccc2C3N)cnc1Sc1ccnc(N)c1Cl. The molecule has 2 aliphatic rings. The number of hydrogen-bond donors (Lipinski definition) is 3. The first-order valence-corrected chi connectivity index (χ1v) is 11.0. The van der Waals surface area contributed by atoms with Gasteiger partial charge < -0.3 is 26.7 Å². The second kappa shape index (κ2) is 7.33. The fourth-order valence-corrected chi connectivity index (χ4v) is 5.51. The topological polar surface area (TPSA) is 125 Å². The fourth-order valence-electron chi connectivity index (χ4n) is 4.49. The summed E-state index contributed by atoms with van der Waals surface area (Å²) in [4.78, 5) is 16.1. The highest BCUT2D eigenvalue weighted by Crippen LogP contribution is 2.48. The number of halogens is 1. The van der Waals surface area contributed by atoms with Gasteiger partial charge in [-0.2, -0.15) is 0 Å². The molecule has 10 heteroatoms. The molecule has 5 heterocycles. The van der Waals surface area contributed by atoms with E-state index in [4.69, 9.17) is 28.8 Å². The highest BCUT2D eigenvalue weighted by molar-refractivity contribution is 7.99. The van der Waals surface area contributed by atoms with Gasteiger partial charge in [-0.25, -0.2) is 15.0 Å². The Morgan fingerprint density at radius 1 is 1.13 bits per heavy atom. The molecule has 30 heavy (non-hydrogen) atoms. The second-order valence-corrected chi connectivity index (χ2v) is 9.33. The van der Waals surface area contributed by atoms with Crippen LogP contribution in [0.5, 0.6) is 0 Å². The summed E-state index contributed by atoms with van der Waals surface area (Å²) in [6.07, 6.45) is 7.53. The molecule has 0 aromatic carbocycles. The highest BCUT2D eigenvalue weighted by Gasteiger charge is 2.46. The molecule has 1 fully saturated rings. The van der Waals surface area contributed by atoms with Gasteiger partial charge in [0.15, 0.2) is 5.82 Å². The normalized spacial score (nSPS) is 19.9. The number of nitrogen functional groups attached to an aromatic ring is 2. The third-order valence-corrected chi connectivity index (χ3v) is 7.83. The molecule has 1 saturated heterocycles. The van der Waals surface area contributed by atoms with E-state index in [9.17, 15) is 0 Å². The predicted octanol–water partition coefficient (Wildman–Crippen LogP) is 2.94. The minimum absolute atomic E-state index is 0.0853. The largest absolute Gasteiger partial charge is 0.382 e. The minimum Gasteiger partial charge on any atom is -0.382 e. The van der Waals surface area contributed by atoms with E-state index in [0.29, 0.717) is 15.9 Å². The van der Waals surface area contributed by atoms with Crippen LogP contribution in [0.3, 0.4) is 0 Å². The molecule has 0 aliphatic carbocycles. The van der Waals surface area contributed by atoms with Gasteiger partial charge in [0.25, 0.3) is 0 Å². The summed E-state index contributed by atoms with van der Waals surface area (Å²) < 4.78 is 2.29. The van der Waals surface area contributed by atoms with Gasteiger partial charge in [0.1, 0.15) is 16.7 Å². The molecule has 2 aliphatic heterocycles. The monoisotopic (exact) mass is 442 g/mol. The van der Waals surface area contributed by atoms with Crippen LogP contribution in [0.4, 0.5) is 17.5 Å². The van der Waals surface area contributed by atoms with Crippen LogP contribution in [0.15, 0.2) is 46.7 Å². The van der Waals surface area contributed by atoms with Crippen molar-refractivity contribution >= 4 is 40.8 Å². The number of hydrogen-bond acceptors (Lipinski definition) is 8. The lowest BCUT2D eigenvalue weighted by Crippen LogP contribution is -2.45. The Kier molecular flexibility index (Phi) is 4.76. The molecule has 5 rings (SSSR count). The van der Waals surface area contributed by atoms with Crippen molar-refractivity contribution in [1.29, 1.82) is 0 Å². The Bertz CT molecular complexity index is 1090. The van der Waals surface area contributed by atoms with Crippen molar-refractivity contribution in [1.82, 2.24) is 19.5 Å². The van der Waals surface area contributed by atoms with Crippen molar-refractivity contribution in [2.24, 2.45) is 11.1 Å². The van der Waals surface area contributed by atoms with Crippen LogP contribution < -0.4 is 22.1 Å². The number of aromatic nitrogens is 4. The van der Waals surface area contributed by atoms with Gasteiger partial charge in [-0.05, 0) is 31.0 Å². The molecule has 1 spiro atoms. The molecule has 8 nitrogen and oxygen atoms in total. The van der Waals surface area contributed by atoms with Gasteiger partial charge in [-0.15, -0.1) is 0 Å². The molecule has 1 unspecified atom stereocenters. The molecule has 0 amide bonds. The Balaban J connectivity index is 1.29. The Hall–Kier alpha value is -2.49. The lowest BCUT2D eigenvalue weighted by molar-refractivity contribution is 0.174. The maximum Gasteiger partial charge on any atom is 0.158 e. The summed E-state index contributed by atoms with van der Waals surface area (Å²) in [5.41, 5.74) is 20.0. The molecule has 0 radical (unpaired) electrons. The first-order chi connectivity index (χ1) is 14.5. The van der Waals surface area contributed by atoms with Crippen LogP contribution in [-0.2, 0) is 6.54 Å². The van der Waals surface area contributed by atoms with Crippen LogP contribution in [0.2, 0.25) is 5.02 Å². The Morgan fingerprint density at radius 3 is 2.67 bits per heavy atom. The number of anilines is 3. The van der Waals surface area contributed by atoms with E-state index in [-0.39, 0.29) is 17.3 Å². The van der Waals surface area contributed by atoms with Gasteiger partial charge in [0, 0.05) is 48.0 Å². The van der Waals surface area contributed by atoms with E-state index >= 15 is 0 Å². The number of nitrogens with two attached hydrogens (primary N) is 3. The van der Waals surface area contributed by atoms with Gasteiger partial charge >= 0.3 is 0 Å². The minimum atomic E-state index is 0.0853. The quantitative estimate of drug-likeness (QED) is 0.565. The van der Waals surface area contributed by atoms with Crippen LogP contribution in [0.25, 0.3) is 0 Å². The summed E-state index contributed by atoms with van der Waals surface area (Å²) in [5, 5.41) is 0.990. The highest BCUT2D eigenvalue weighted by atomic mass is 35.5. The lowest BCUT2D eigenvalue weighted by Gasteiger charge is -2.42. The average Bonchev–Trinajstić information content (AvgIpc) is 3.29. The molecular weight excluding hydrogens is 420 g/mol. The predicted molar refractivity (Wildman–Crippen MR) is 119 cm³/mol. The summed E-state index contributed by atoms with van der Waals surface area (Å²) in [5.74, 6) is 1.44. The standard InChI is InChI=1S/C20H23ClN8S/c21-15-13(3-6-25-17(15)23)30-19-18(24)27-14(10-26-19)28-8-4-20(5-9-28)11-29-7-1-2-12(29)16(20)22/h1-3,6-7,10,16H,4-5,8-9,11,22H2,(H2,23,25)(H2,24,27). The number of nitrogens with zero attached hydrogens (tertiary/aromatic N) is 5. The molecule has 1 atom stereocenters. The van der Waals surface area contributed by atoms with E-state index in [0.717, 1.165) is 43.2 Å². The van der Waals surface area contributed by atoms with Crippen LogP contribution in [0, 0.1) is 5.41 Å². The van der Waals surface area contributed by atoms with Crippen molar-refractivity contribution < 1.29 is 0 Å². The van der Waals surface area contributed by atoms with Crippen LogP contribution in [-0.4, -0.2) is 32.6 Å². The lowest BCUT2D eigenvalue weighted by atomic mass is 9.73. The first kappa shape index (κ1) is 19.5. The number of pyridine rings is 1. The van der Waals surface area contributed by atoms with E-state index < -0.39 is 0 Å². The Morgan fingerprint density at radius 2 is 1.93 bits per heavy atom. The fraction of sp³-hybridized carbons (Fsp3) is 0.350. The van der Waals surface area contributed by atoms with Crippen molar-refractivity contribution in [3.63, 3.8) is 0 Å². The molecule has 3 aromatic rings. The van der Waals surface area contributed by atoms with Gasteiger partial charge in [-0.3, -0.25) is 0 Å². The summed E-state index contributed by atoms with van der Waals surface area (Å²) in [6, 6.07) is 6.07. The zero-order valence-electron chi connectivity index (χ0n) is 16.3. The maximum absolute atomic E-state index is 6.61. The summed E-state index contributed by atoms with van der Waals surface area (Å²) >= 11 is 7.56. The van der Waals surface area contributed by atoms with Gasteiger partial charge in [-0.1, -0.05) is 23.4 Å². The van der Waals surface area contributed by atoms with E-state index in [2.05, 4.69) is 42.7 Å². The zero-order valence-corrected chi connectivity index (χ0v) is 17.9. The molecule has 0 saturated carbocycles. The molecule has 6 N–H and O–H groups in total. The third kappa shape index (κ3) is 3.17. The molecule has 0 bridgehead atoms. The Labute approximate surface area is 183 Å². The van der Waals surface area contributed by atoms with E-state index in [1.54, 1.807) is 18.5 Å². The van der Waals surface area contributed by atoms with Crippen LogP contribution >= 0.6 is 23.4 Å². The second-order valence-electron chi connectivity index (χ2n) is 7.92. The average molecular weight is 443 g/mol. The summed E-state index contributed by atoms with van der Waals surface area (Å²) in [6.45, 7) is 2.75. The van der Waals surface area contributed by atoms with E-state index in [1.807, 2.05) is 0 Å².